The number of nitrogens with one attached hydrogen (secondary N) is 1. The Labute approximate surface area is 212 Å². The number of amides is 3. The fourth-order valence-corrected chi connectivity index (χ4v) is 4.76. The first-order valence-corrected chi connectivity index (χ1v) is 12.5. The lowest BCUT2D eigenvalue weighted by atomic mass is 10.1. The van der Waals surface area contributed by atoms with Crippen LogP contribution in [-0.2, 0) is 16.1 Å². The minimum absolute atomic E-state index is 0.144. The van der Waals surface area contributed by atoms with E-state index in [9.17, 15) is 14.4 Å². The number of hydrogen-bond donors (Lipinski definition) is 1. The monoisotopic (exact) mass is 487 g/mol. The topological polar surface area (TPSA) is 79.0 Å². The number of carbonyl (C=O) groups is 3. The van der Waals surface area contributed by atoms with Gasteiger partial charge in [-0.15, -0.1) is 0 Å². The predicted octanol–water partition coefficient (Wildman–Crippen LogP) is 4.53. The van der Waals surface area contributed by atoms with Gasteiger partial charge in [0.15, 0.2) is 0 Å². The van der Waals surface area contributed by atoms with Gasteiger partial charge in [0.2, 0.25) is 11.8 Å². The summed E-state index contributed by atoms with van der Waals surface area (Å²) in [6.45, 7) is 4.61. The highest BCUT2D eigenvalue weighted by atomic mass is 16.5. The minimum Gasteiger partial charge on any atom is -0.497 e. The third-order valence-electron chi connectivity index (χ3n) is 6.64. The molecule has 0 radical (unpaired) electrons. The first-order valence-electron chi connectivity index (χ1n) is 12.5. The van der Waals surface area contributed by atoms with Crippen molar-refractivity contribution >= 4 is 34.2 Å². The highest BCUT2D eigenvalue weighted by Crippen LogP contribution is 2.37. The van der Waals surface area contributed by atoms with E-state index in [4.69, 9.17) is 4.74 Å². The summed E-state index contributed by atoms with van der Waals surface area (Å²) in [4.78, 5) is 43.4. The molecule has 1 aliphatic heterocycles. The summed E-state index contributed by atoms with van der Waals surface area (Å²) in [5, 5.41) is 4.80. The Kier molecular flexibility index (Phi) is 7.88. The van der Waals surface area contributed by atoms with E-state index >= 15 is 0 Å². The molecule has 0 saturated carbocycles. The van der Waals surface area contributed by atoms with Crippen LogP contribution in [0.5, 0.6) is 5.75 Å². The van der Waals surface area contributed by atoms with E-state index in [0.29, 0.717) is 24.3 Å². The zero-order chi connectivity index (χ0) is 25.7. The first-order chi connectivity index (χ1) is 17.5. The molecule has 0 aromatic heterocycles. The number of carbonyl (C=O) groups excluding carboxylic acids is 3. The maximum atomic E-state index is 13.8. The largest absolute Gasteiger partial charge is 0.497 e. The molecular weight excluding hydrogens is 454 g/mol. The van der Waals surface area contributed by atoms with Crippen molar-refractivity contribution in [2.24, 2.45) is 0 Å². The third-order valence-corrected chi connectivity index (χ3v) is 6.64. The maximum absolute atomic E-state index is 13.8. The van der Waals surface area contributed by atoms with Crippen LogP contribution in [0.25, 0.3) is 10.8 Å². The van der Waals surface area contributed by atoms with E-state index in [2.05, 4.69) is 12.2 Å². The molecule has 1 N–H and O–H groups in total. The van der Waals surface area contributed by atoms with Crippen molar-refractivity contribution in [1.29, 1.82) is 0 Å². The van der Waals surface area contributed by atoms with Crippen LogP contribution in [-0.4, -0.2) is 48.9 Å². The average Bonchev–Trinajstić information content (AvgIpc) is 3.16. The molecule has 188 valence electrons. The van der Waals surface area contributed by atoms with E-state index in [1.54, 1.807) is 18.1 Å². The standard InChI is InChI=1S/C29H33N3O4/c1-4-6-16-30-28(34)24(5-2)31(18-20-10-7-13-22(17-20)36-3)26(33)19-32-25-15-9-12-21-11-8-14-23(27(21)25)29(32)35/h7-15,17,24H,4-6,16,18-19H2,1-3H3,(H,30,34)/t24-/m1/s1. The number of ether oxygens (including phenoxy) is 1. The predicted molar refractivity (Wildman–Crippen MR) is 141 cm³/mol. The van der Waals surface area contributed by atoms with Crippen molar-refractivity contribution in [3.05, 3.63) is 71.8 Å². The molecule has 36 heavy (non-hydrogen) atoms. The van der Waals surface area contributed by atoms with E-state index < -0.39 is 6.04 Å². The molecule has 0 saturated heterocycles. The average molecular weight is 488 g/mol. The van der Waals surface area contributed by atoms with Crippen LogP contribution < -0.4 is 15.0 Å². The van der Waals surface area contributed by atoms with Crippen molar-refractivity contribution in [2.45, 2.75) is 45.7 Å². The highest BCUT2D eigenvalue weighted by Gasteiger charge is 2.35. The van der Waals surface area contributed by atoms with Gasteiger partial charge in [0.05, 0.1) is 12.8 Å². The molecule has 0 unspecified atom stereocenters. The van der Waals surface area contributed by atoms with Crippen LogP contribution >= 0.6 is 0 Å². The van der Waals surface area contributed by atoms with Gasteiger partial charge in [-0.3, -0.25) is 19.3 Å². The molecule has 0 aliphatic carbocycles. The fourth-order valence-electron chi connectivity index (χ4n) is 4.76. The fraction of sp³-hybridized carbons (Fsp3) is 0.345. The Morgan fingerprint density at radius 2 is 1.81 bits per heavy atom. The molecule has 1 atom stereocenters. The summed E-state index contributed by atoms with van der Waals surface area (Å²) in [6, 6.07) is 18.1. The highest BCUT2D eigenvalue weighted by molar-refractivity contribution is 6.26. The smallest absolute Gasteiger partial charge is 0.259 e. The maximum Gasteiger partial charge on any atom is 0.259 e. The molecule has 1 heterocycles. The van der Waals surface area contributed by atoms with Crippen LogP contribution in [0.2, 0.25) is 0 Å². The lowest BCUT2D eigenvalue weighted by Crippen LogP contribution is -2.52. The summed E-state index contributed by atoms with van der Waals surface area (Å²) in [5.74, 6) is 0.0166. The van der Waals surface area contributed by atoms with Crippen LogP contribution in [0, 0.1) is 0 Å². The van der Waals surface area contributed by atoms with Crippen LogP contribution in [0.4, 0.5) is 5.69 Å². The van der Waals surface area contributed by atoms with Gasteiger partial charge in [0.25, 0.3) is 5.91 Å². The van der Waals surface area contributed by atoms with E-state index in [0.717, 1.165) is 34.9 Å². The van der Waals surface area contributed by atoms with Crippen molar-refractivity contribution in [2.75, 3.05) is 25.1 Å². The van der Waals surface area contributed by atoms with Crippen LogP contribution in [0.3, 0.4) is 0 Å². The number of benzene rings is 3. The Morgan fingerprint density at radius 1 is 1.06 bits per heavy atom. The second-order valence-corrected chi connectivity index (χ2v) is 9.01. The molecule has 0 fully saturated rings. The van der Waals surface area contributed by atoms with Crippen molar-refractivity contribution in [3.63, 3.8) is 0 Å². The third kappa shape index (κ3) is 5.05. The van der Waals surface area contributed by atoms with Crippen molar-refractivity contribution in [1.82, 2.24) is 10.2 Å². The van der Waals surface area contributed by atoms with Gasteiger partial charge < -0.3 is 15.0 Å². The van der Waals surface area contributed by atoms with E-state index in [-0.39, 0.29) is 30.8 Å². The Morgan fingerprint density at radius 3 is 2.53 bits per heavy atom. The number of hydrogen-bond acceptors (Lipinski definition) is 4. The van der Waals surface area contributed by atoms with Gasteiger partial charge in [0.1, 0.15) is 18.3 Å². The van der Waals surface area contributed by atoms with Gasteiger partial charge in [-0.2, -0.15) is 0 Å². The summed E-state index contributed by atoms with van der Waals surface area (Å²) >= 11 is 0. The number of methoxy groups -OCH3 is 1. The first kappa shape index (κ1) is 25.2. The molecule has 4 rings (SSSR count). The molecular formula is C29H33N3O4. The normalized spacial score (nSPS) is 13.1. The number of unbranched alkanes of at least 4 members (excludes halogenated alkanes) is 1. The molecule has 3 aromatic rings. The lowest BCUT2D eigenvalue weighted by molar-refractivity contribution is -0.140. The van der Waals surface area contributed by atoms with Crippen LogP contribution in [0.1, 0.15) is 49.0 Å². The minimum atomic E-state index is -0.656. The number of nitrogens with zero attached hydrogens (tertiary/aromatic N) is 2. The second kappa shape index (κ2) is 11.2. The molecule has 3 aromatic carbocycles. The zero-order valence-electron chi connectivity index (χ0n) is 21.1. The van der Waals surface area contributed by atoms with Gasteiger partial charge in [-0.05, 0) is 48.1 Å². The van der Waals surface area contributed by atoms with E-state index in [1.165, 1.54) is 4.90 Å². The molecule has 7 heteroatoms. The summed E-state index contributed by atoms with van der Waals surface area (Å²) in [7, 11) is 1.59. The molecule has 3 amide bonds. The number of anilines is 1. The second-order valence-electron chi connectivity index (χ2n) is 9.01. The SMILES string of the molecule is CCCCNC(=O)[C@@H](CC)N(Cc1cccc(OC)c1)C(=O)CN1C(=O)c2cccc3cccc1c23. The van der Waals surface area contributed by atoms with Gasteiger partial charge in [-0.25, -0.2) is 0 Å². The quantitative estimate of drug-likeness (QED) is 0.403. The summed E-state index contributed by atoms with van der Waals surface area (Å²) in [6.07, 6.45) is 2.29. The Bertz CT molecular complexity index is 1270. The van der Waals surface area contributed by atoms with Crippen LogP contribution in [0.15, 0.2) is 60.7 Å². The van der Waals surface area contributed by atoms with Crippen molar-refractivity contribution < 1.29 is 19.1 Å². The molecule has 0 spiro atoms. The van der Waals surface area contributed by atoms with Gasteiger partial charge in [-0.1, -0.05) is 56.7 Å². The zero-order valence-corrected chi connectivity index (χ0v) is 21.1. The molecule has 1 aliphatic rings. The van der Waals surface area contributed by atoms with Gasteiger partial charge >= 0.3 is 0 Å². The summed E-state index contributed by atoms with van der Waals surface area (Å²) in [5.41, 5.74) is 2.17. The van der Waals surface area contributed by atoms with E-state index in [1.807, 2.05) is 61.5 Å². The Hall–Kier alpha value is -3.87. The molecule has 0 bridgehead atoms. The van der Waals surface area contributed by atoms with Crippen molar-refractivity contribution in [3.8, 4) is 5.75 Å². The molecule has 7 nitrogen and oxygen atoms in total. The number of rotatable bonds is 11. The lowest BCUT2D eigenvalue weighted by Gasteiger charge is -2.32. The summed E-state index contributed by atoms with van der Waals surface area (Å²) < 4.78 is 5.35. The van der Waals surface area contributed by atoms with Gasteiger partial charge in [0, 0.05) is 24.0 Å². The Balaban J connectivity index is 1.63.